The Morgan fingerprint density at radius 3 is 3.00 bits per heavy atom. The van der Waals surface area contributed by atoms with Crippen molar-refractivity contribution >= 4 is 5.97 Å². The van der Waals surface area contributed by atoms with Crippen LogP contribution in [0.4, 0.5) is 4.39 Å². The second-order valence-electron chi connectivity index (χ2n) is 5.64. The minimum atomic E-state index is -0.960. The number of carbonyl (C=O) groups is 1. The zero-order valence-corrected chi connectivity index (χ0v) is 12.5. The number of hydrogen-bond acceptors (Lipinski definition) is 3. The molecule has 1 saturated carbocycles. The average Bonchev–Trinajstić information content (AvgIpc) is 2.44. The fourth-order valence-electron chi connectivity index (χ4n) is 2.98. The minimum absolute atomic E-state index is 0.206. The van der Waals surface area contributed by atoms with E-state index in [1.807, 2.05) is 6.92 Å². The molecular weight excluding hydrogens is 273 g/mol. The molecule has 1 fully saturated rings. The van der Waals surface area contributed by atoms with Crippen molar-refractivity contribution in [3.05, 3.63) is 29.6 Å². The molecule has 0 amide bonds. The van der Waals surface area contributed by atoms with Crippen LogP contribution in [0.1, 0.15) is 38.2 Å². The van der Waals surface area contributed by atoms with Crippen molar-refractivity contribution in [2.75, 3.05) is 6.54 Å². The highest BCUT2D eigenvalue weighted by atomic mass is 19.1. The van der Waals surface area contributed by atoms with Gasteiger partial charge in [0, 0.05) is 6.42 Å². The molecule has 116 valence electrons. The second-order valence-corrected chi connectivity index (χ2v) is 5.64. The highest BCUT2D eigenvalue weighted by Crippen LogP contribution is 2.32. The fourth-order valence-corrected chi connectivity index (χ4v) is 2.98. The molecule has 2 atom stereocenters. The fraction of sp³-hybridized carbons (Fsp3) is 0.562. The maximum atomic E-state index is 14.0. The number of aryl methyl sites for hydroxylation is 1. The van der Waals surface area contributed by atoms with Gasteiger partial charge >= 0.3 is 5.97 Å². The maximum absolute atomic E-state index is 14.0. The molecular formula is C16H22FNO3. The van der Waals surface area contributed by atoms with E-state index in [0.717, 1.165) is 12.8 Å². The van der Waals surface area contributed by atoms with Gasteiger partial charge in [-0.05, 0) is 44.4 Å². The molecule has 1 aromatic rings. The number of carboxylic acids is 1. The van der Waals surface area contributed by atoms with Crippen molar-refractivity contribution in [1.82, 2.24) is 5.32 Å². The first-order valence-electron chi connectivity index (χ1n) is 7.38. The van der Waals surface area contributed by atoms with E-state index in [1.54, 1.807) is 25.1 Å². The standard InChI is InChI=1S/C16H22FNO3/c1-3-18-16(15(19)20)9-5-7-12(10-16)21-13-8-4-6-11(2)14(13)17/h4,6,8,12,18H,3,5,7,9-10H2,1-2H3,(H,19,20). The Morgan fingerprint density at radius 2 is 2.33 bits per heavy atom. The lowest BCUT2D eigenvalue weighted by Gasteiger charge is -2.38. The van der Waals surface area contributed by atoms with E-state index >= 15 is 0 Å². The first-order valence-corrected chi connectivity index (χ1v) is 7.38. The highest BCUT2D eigenvalue weighted by molar-refractivity contribution is 5.79. The molecule has 1 aliphatic rings. The van der Waals surface area contributed by atoms with E-state index in [-0.39, 0.29) is 17.7 Å². The Bertz CT molecular complexity index is 516. The molecule has 1 aromatic carbocycles. The summed E-state index contributed by atoms with van der Waals surface area (Å²) in [6.45, 7) is 4.15. The van der Waals surface area contributed by atoms with Crippen molar-refractivity contribution in [1.29, 1.82) is 0 Å². The quantitative estimate of drug-likeness (QED) is 0.877. The van der Waals surface area contributed by atoms with Crippen LogP contribution in [0.5, 0.6) is 5.75 Å². The summed E-state index contributed by atoms with van der Waals surface area (Å²) >= 11 is 0. The van der Waals surface area contributed by atoms with Gasteiger partial charge in [-0.1, -0.05) is 19.1 Å². The smallest absolute Gasteiger partial charge is 0.324 e. The third kappa shape index (κ3) is 3.35. The summed E-state index contributed by atoms with van der Waals surface area (Å²) in [7, 11) is 0. The van der Waals surface area contributed by atoms with Gasteiger partial charge in [-0.2, -0.15) is 0 Å². The molecule has 2 N–H and O–H groups in total. The number of benzene rings is 1. The topological polar surface area (TPSA) is 58.6 Å². The van der Waals surface area contributed by atoms with Crippen LogP contribution in [0.15, 0.2) is 18.2 Å². The first-order chi connectivity index (χ1) is 9.98. The molecule has 2 rings (SSSR count). The highest BCUT2D eigenvalue weighted by Gasteiger charge is 2.43. The van der Waals surface area contributed by atoms with Gasteiger partial charge in [0.25, 0.3) is 0 Å². The molecule has 2 unspecified atom stereocenters. The summed E-state index contributed by atoms with van der Waals surface area (Å²) in [5.41, 5.74) is -0.433. The number of aliphatic carboxylic acids is 1. The van der Waals surface area contributed by atoms with Gasteiger partial charge in [0.2, 0.25) is 0 Å². The summed E-state index contributed by atoms with van der Waals surface area (Å²) < 4.78 is 19.7. The van der Waals surface area contributed by atoms with Crippen LogP contribution in [0.2, 0.25) is 0 Å². The largest absolute Gasteiger partial charge is 0.487 e. The summed E-state index contributed by atoms with van der Waals surface area (Å²) in [4.78, 5) is 11.6. The SMILES string of the molecule is CCNC1(C(=O)O)CCCC(Oc2cccc(C)c2F)C1. The molecule has 21 heavy (non-hydrogen) atoms. The predicted molar refractivity (Wildman–Crippen MR) is 78.1 cm³/mol. The van der Waals surface area contributed by atoms with Crippen molar-refractivity contribution in [3.8, 4) is 5.75 Å². The Hall–Kier alpha value is -1.62. The summed E-state index contributed by atoms with van der Waals surface area (Å²) in [5, 5.41) is 12.6. The molecule has 4 nitrogen and oxygen atoms in total. The lowest BCUT2D eigenvalue weighted by molar-refractivity contribution is -0.147. The summed E-state index contributed by atoms with van der Waals surface area (Å²) in [6.07, 6.45) is 2.13. The minimum Gasteiger partial charge on any atom is -0.487 e. The molecule has 0 heterocycles. The van der Waals surface area contributed by atoms with Crippen LogP contribution < -0.4 is 10.1 Å². The number of likely N-dealkylation sites (N-methyl/N-ethyl adjacent to an activating group) is 1. The van der Waals surface area contributed by atoms with Crippen molar-refractivity contribution in [2.24, 2.45) is 0 Å². The molecule has 5 heteroatoms. The molecule has 0 saturated heterocycles. The van der Waals surface area contributed by atoms with E-state index in [2.05, 4.69) is 5.32 Å². The van der Waals surface area contributed by atoms with E-state index in [1.165, 1.54) is 0 Å². The van der Waals surface area contributed by atoms with Gasteiger partial charge in [0.1, 0.15) is 11.6 Å². The molecule has 0 bridgehead atoms. The van der Waals surface area contributed by atoms with Crippen LogP contribution >= 0.6 is 0 Å². The Balaban J connectivity index is 2.14. The van der Waals surface area contributed by atoms with E-state index in [9.17, 15) is 14.3 Å². The van der Waals surface area contributed by atoms with Crippen LogP contribution in [0.3, 0.4) is 0 Å². The van der Waals surface area contributed by atoms with Crippen LogP contribution in [0.25, 0.3) is 0 Å². The monoisotopic (exact) mass is 295 g/mol. The van der Waals surface area contributed by atoms with E-state index in [0.29, 0.717) is 24.9 Å². The average molecular weight is 295 g/mol. The van der Waals surface area contributed by atoms with E-state index in [4.69, 9.17) is 4.74 Å². The van der Waals surface area contributed by atoms with Gasteiger partial charge < -0.3 is 15.2 Å². The lowest BCUT2D eigenvalue weighted by atomic mass is 9.80. The lowest BCUT2D eigenvalue weighted by Crippen LogP contribution is -2.56. The Kier molecular flexibility index (Phi) is 4.83. The maximum Gasteiger partial charge on any atom is 0.324 e. The zero-order valence-electron chi connectivity index (χ0n) is 12.5. The molecule has 0 aromatic heterocycles. The number of nitrogens with one attached hydrogen (secondary N) is 1. The van der Waals surface area contributed by atoms with Crippen molar-refractivity contribution < 1.29 is 19.0 Å². The third-order valence-corrected chi connectivity index (χ3v) is 4.08. The van der Waals surface area contributed by atoms with Gasteiger partial charge in [0.05, 0.1) is 0 Å². The number of rotatable bonds is 5. The number of halogens is 1. The van der Waals surface area contributed by atoms with Crippen LogP contribution in [-0.4, -0.2) is 29.3 Å². The number of carboxylic acid groups (broad SMARTS) is 1. The van der Waals surface area contributed by atoms with Gasteiger partial charge in [0.15, 0.2) is 11.6 Å². The summed E-state index contributed by atoms with van der Waals surface area (Å²) in [6, 6.07) is 5.02. The van der Waals surface area contributed by atoms with Crippen molar-refractivity contribution in [3.63, 3.8) is 0 Å². The normalized spacial score (nSPS) is 25.6. The second kappa shape index (κ2) is 6.43. The number of hydrogen-bond donors (Lipinski definition) is 2. The molecule has 0 aliphatic heterocycles. The third-order valence-electron chi connectivity index (χ3n) is 4.08. The van der Waals surface area contributed by atoms with Gasteiger partial charge in [-0.3, -0.25) is 4.79 Å². The van der Waals surface area contributed by atoms with E-state index < -0.39 is 11.5 Å². The molecule has 0 radical (unpaired) electrons. The van der Waals surface area contributed by atoms with Gasteiger partial charge in [-0.15, -0.1) is 0 Å². The number of ether oxygens (including phenoxy) is 1. The Labute approximate surface area is 124 Å². The van der Waals surface area contributed by atoms with Crippen LogP contribution in [-0.2, 0) is 4.79 Å². The Morgan fingerprint density at radius 1 is 1.57 bits per heavy atom. The van der Waals surface area contributed by atoms with Crippen molar-refractivity contribution in [2.45, 2.75) is 51.2 Å². The first kappa shape index (κ1) is 15.8. The zero-order chi connectivity index (χ0) is 15.5. The van der Waals surface area contributed by atoms with Crippen LogP contribution in [0, 0.1) is 12.7 Å². The molecule has 0 spiro atoms. The predicted octanol–water partition coefficient (Wildman–Crippen LogP) is 2.89. The summed E-state index contributed by atoms with van der Waals surface area (Å²) in [5.74, 6) is -1.02. The molecule has 1 aliphatic carbocycles. The van der Waals surface area contributed by atoms with Gasteiger partial charge in [-0.25, -0.2) is 4.39 Å².